The van der Waals surface area contributed by atoms with E-state index in [1.54, 1.807) is 12.1 Å². The standard InChI is InChI=1S/C120H211BF2N2O8/c1-8-14-20-26-32-38-44-50-56-62-68-74-80-86-96-127-115-102-107(103-116(128-97-87-81-75-69-63-57-51-45-39-33-27-21-15-9-2)119(115)131-100-90-84-78-72-66-60-54-48-42-36-30-24-18-12-5)109-92-93-110(124-109)113(126)106-114(133-121(122)123)112-95-94-111(125(112)7)108-104-117(129-98-88-82-76-70-64-58-52-46-40-34-28-22-16-10-3)120(132-101-91-85-79-73-67-61-55-49-43-37-31-25-19-13-6)118(105-108)130-99-89-83-77-71-65-59-53-47-41-35-29-23-17-11-4/h92-95,102-106,124H,8-91,96-101H2,1-7H3/b114-106-. The molecular formula is C120H211BF2N2O8. The van der Waals surface area contributed by atoms with Crippen LogP contribution in [0, 0.1) is 0 Å². The van der Waals surface area contributed by atoms with E-state index in [0.29, 0.717) is 85.5 Å². The summed E-state index contributed by atoms with van der Waals surface area (Å²) in [6, 6.07) is 15.5. The lowest BCUT2D eigenvalue weighted by molar-refractivity contribution is 0.104. The van der Waals surface area contributed by atoms with Gasteiger partial charge in [0, 0.05) is 35.6 Å². The summed E-state index contributed by atoms with van der Waals surface area (Å²) in [6.07, 6.45) is 109. The van der Waals surface area contributed by atoms with E-state index < -0.39 is 13.3 Å². The van der Waals surface area contributed by atoms with Gasteiger partial charge in [0.1, 0.15) is 5.76 Å². The number of allylic oxidation sites excluding steroid dienone is 1. The monoisotopic (exact) mass is 1860 g/mol. The molecule has 0 spiro atoms. The maximum absolute atomic E-state index is 15.0. The Morgan fingerprint density at radius 3 is 0.692 bits per heavy atom. The van der Waals surface area contributed by atoms with E-state index >= 15 is 8.63 Å². The number of benzene rings is 2. The van der Waals surface area contributed by atoms with Crippen LogP contribution >= 0.6 is 0 Å². The van der Waals surface area contributed by atoms with Gasteiger partial charge in [-0.1, -0.05) is 542 Å². The topological polar surface area (TPSA) is 102 Å². The molecular weight excluding hydrogens is 1650 g/mol. The number of nitrogens with zero attached hydrogens (tertiary/aromatic N) is 1. The van der Waals surface area contributed by atoms with Gasteiger partial charge in [0.05, 0.1) is 51.0 Å². The van der Waals surface area contributed by atoms with E-state index in [1.165, 1.54) is 468 Å². The normalized spacial score (nSPS) is 11.7. The summed E-state index contributed by atoms with van der Waals surface area (Å²) in [4.78, 5) is 18.3. The number of unbranched alkanes of at least 4 members (excludes halogenated alkanes) is 78. The van der Waals surface area contributed by atoms with Gasteiger partial charge in [0.2, 0.25) is 17.3 Å². The highest BCUT2D eigenvalue weighted by Gasteiger charge is 2.27. The minimum Gasteiger partial charge on any atom is -0.503 e. The Morgan fingerprint density at radius 1 is 0.271 bits per heavy atom. The van der Waals surface area contributed by atoms with Crippen molar-refractivity contribution in [1.82, 2.24) is 9.55 Å². The average molecular weight is 1860 g/mol. The molecule has 0 radical (unpaired) electrons. The zero-order chi connectivity index (χ0) is 94.9. The van der Waals surface area contributed by atoms with Gasteiger partial charge in [-0.15, -0.1) is 0 Å². The number of carbonyl (C=O) groups is 1. The molecule has 0 amide bonds. The molecule has 133 heavy (non-hydrogen) atoms. The number of ketones is 1. The lowest BCUT2D eigenvalue weighted by Gasteiger charge is -2.20. The van der Waals surface area contributed by atoms with Crippen molar-refractivity contribution in [3.05, 3.63) is 66.0 Å². The first-order valence-electron chi connectivity index (χ1n) is 58.4. The number of halogens is 2. The van der Waals surface area contributed by atoms with Crippen LogP contribution in [-0.2, 0) is 11.7 Å². The zero-order valence-electron chi connectivity index (χ0n) is 88.4. The lowest BCUT2D eigenvalue weighted by Crippen LogP contribution is -2.10. The molecule has 13 heteroatoms. The molecule has 0 saturated carbocycles. The molecule has 1 N–H and O–H groups in total. The second-order valence-corrected chi connectivity index (χ2v) is 40.5. The Labute approximate surface area is 820 Å². The van der Waals surface area contributed by atoms with Crippen LogP contribution in [0.4, 0.5) is 8.63 Å². The van der Waals surface area contributed by atoms with Crippen molar-refractivity contribution in [2.45, 2.75) is 581 Å². The Balaban J connectivity index is 1.66. The van der Waals surface area contributed by atoms with Crippen LogP contribution in [0.3, 0.4) is 0 Å². The molecule has 766 valence electrons. The third-order valence-corrected chi connectivity index (χ3v) is 28.0. The van der Waals surface area contributed by atoms with Gasteiger partial charge in [0.25, 0.3) is 0 Å². The van der Waals surface area contributed by atoms with Crippen molar-refractivity contribution in [2.75, 3.05) is 39.6 Å². The molecule has 4 aromatic rings. The molecule has 0 saturated heterocycles. The highest BCUT2D eigenvalue weighted by molar-refractivity contribution is 6.36. The summed E-state index contributed by atoms with van der Waals surface area (Å²) in [6.45, 7) is 17.0. The Bertz CT molecular complexity index is 3140. The van der Waals surface area contributed by atoms with Crippen LogP contribution in [0.1, 0.15) is 597 Å². The van der Waals surface area contributed by atoms with Crippen LogP contribution in [0.25, 0.3) is 28.3 Å². The average Bonchev–Trinajstić information content (AvgIpc) is 1.71. The van der Waals surface area contributed by atoms with Gasteiger partial charge in [-0.05, 0) is 87.1 Å². The predicted octanol–water partition coefficient (Wildman–Crippen LogP) is 41.0. The van der Waals surface area contributed by atoms with Crippen LogP contribution in [0.5, 0.6) is 34.5 Å². The minimum absolute atomic E-state index is 0.235. The van der Waals surface area contributed by atoms with Crippen LogP contribution in [0.15, 0.2) is 54.6 Å². The van der Waals surface area contributed by atoms with E-state index in [-0.39, 0.29) is 11.5 Å². The molecule has 2 aromatic heterocycles. The molecule has 0 aliphatic carbocycles. The van der Waals surface area contributed by atoms with Crippen LogP contribution in [-0.4, -0.2) is 62.4 Å². The number of rotatable bonds is 103. The molecule has 0 bridgehead atoms. The van der Waals surface area contributed by atoms with Crippen molar-refractivity contribution >= 4 is 19.0 Å². The Kier molecular flexibility index (Phi) is 81.0. The van der Waals surface area contributed by atoms with Gasteiger partial charge in [-0.25, -0.2) is 8.63 Å². The quantitative estimate of drug-likeness (QED) is 0.0153. The zero-order valence-corrected chi connectivity index (χ0v) is 88.4. The summed E-state index contributed by atoms with van der Waals surface area (Å²) in [5.41, 5.74) is 3.54. The molecule has 0 aliphatic heterocycles. The van der Waals surface area contributed by atoms with E-state index in [0.717, 1.165) is 93.9 Å². The Hall–Kier alpha value is -5.07. The summed E-state index contributed by atoms with van der Waals surface area (Å²) >= 11 is 0. The highest BCUT2D eigenvalue weighted by atomic mass is 19.2. The summed E-state index contributed by atoms with van der Waals surface area (Å²) in [7, 11) is -1.35. The van der Waals surface area contributed by atoms with Gasteiger partial charge < -0.3 is 42.6 Å². The number of nitrogens with one attached hydrogen (secondary N) is 1. The van der Waals surface area contributed by atoms with Gasteiger partial charge >= 0.3 is 7.47 Å². The van der Waals surface area contributed by atoms with E-state index in [4.69, 9.17) is 33.1 Å². The summed E-state index contributed by atoms with van der Waals surface area (Å²) < 4.78 is 78.6. The summed E-state index contributed by atoms with van der Waals surface area (Å²) in [5, 5.41) is 0. The van der Waals surface area contributed by atoms with Crippen molar-refractivity contribution in [1.29, 1.82) is 0 Å². The van der Waals surface area contributed by atoms with E-state index in [2.05, 4.69) is 46.5 Å². The number of aromatic amines is 1. The SMILES string of the molecule is CCCCCCCCCCCCCCCCOc1cc(-c2ccc(C(=O)/C=C(\OB(F)F)c3ccc(-c4cc(OCCCCCCCCCCCCCCCC)c(OCCCCCCCCCCCCCCCC)c(OCCCCCCCCCCCCCCCC)c4)n3C)[nH]2)cc(OCCCCCCCCCCCCCCCC)c1OCCCCCCCCCCCCCCCC. The number of ether oxygens (including phenoxy) is 6. The van der Waals surface area contributed by atoms with Gasteiger partial charge in [0.15, 0.2) is 23.0 Å². The molecule has 2 aromatic carbocycles. The van der Waals surface area contributed by atoms with Crippen molar-refractivity contribution in [3.63, 3.8) is 0 Å². The predicted molar refractivity (Wildman–Crippen MR) is 573 cm³/mol. The Morgan fingerprint density at radius 2 is 0.474 bits per heavy atom. The van der Waals surface area contributed by atoms with Crippen molar-refractivity contribution in [3.8, 4) is 57.0 Å². The molecule has 0 fully saturated rings. The number of hydrogen-bond donors (Lipinski definition) is 1. The van der Waals surface area contributed by atoms with E-state index in [1.807, 2.05) is 48.0 Å². The molecule has 0 aliphatic rings. The first kappa shape index (κ1) is 120. The first-order valence-corrected chi connectivity index (χ1v) is 58.4. The molecule has 2 heterocycles. The molecule has 0 atom stereocenters. The number of hydrogen-bond acceptors (Lipinski definition) is 8. The maximum Gasteiger partial charge on any atom is 0.796 e. The maximum atomic E-state index is 15.0. The van der Waals surface area contributed by atoms with Crippen LogP contribution in [0.2, 0.25) is 0 Å². The number of carbonyl (C=O) groups excluding carboxylic acids is 1. The van der Waals surface area contributed by atoms with Gasteiger partial charge in [-0.2, -0.15) is 0 Å². The first-order chi connectivity index (χ1) is 65.7. The van der Waals surface area contributed by atoms with Gasteiger partial charge in [-0.3, -0.25) is 4.79 Å². The fourth-order valence-electron chi connectivity index (χ4n) is 19.2. The third-order valence-electron chi connectivity index (χ3n) is 28.0. The van der Waals surface area contributed by atoms with Crippen molar-refractivity contribution in [2.24, 2.45) is 7.05 Å². The highest BCUT2D eigenvalue weighted by Crippen LogP contribution is 2.45. The number of aromatic nitrogens is 2. The molecule has 4 rings (SSSR count). The minimum atomic E-state index is -3.20. The van der Waals surface area contributed by atoms with Crippen LogP contribution < -0.4 is 28.4 Å². The smallest absolute Gasteiger partial charge is 0.503 e. The second kappa shape index (κ2) is 89.6. The second-order valence-electron chi connectivity index (χ2n) is 40.5. The third kappa shape index (κ3) is 64.7. The lowest BCUT2D eigenvalue weighted by atomic mass is 10.0. The molecule has 10 nitrogen and oxygen atoms in total. The largest absolute Gasteiger partial charge is 0.796 e. The summed E-state index contributed by atoms with van der Waals surface area (Å²) in [5.74, 6) is 3.07. The van der Waals surface area contributed by atoms with E-state index in [9.17, 15) is 4.79 Å². The fourth-order valence-corrected chi connectivity index (χ4v) is 19.2. The van der Waals surface area contributed by atoms with Crippen molar-refractivity contribution < 1.29 is 46.5 Å². The molecule has 0 unspecified atom stereocenters. The fraction of sp³-hybridized carbons (Fsp3) is 0.808. The number of H-pyrrole nitrogens is 1.